The summed E-state index contributed by atoms with van der Waals surface area (Å²) >= 11 is 0. The van der Waals surface area contributed by atoms with E-state index in [1.54, 1.807) is 5.01 Å². The normalized spacial score (nSPS) is 23.4. The van der Waals surface area contributed by atoms with Crippen molar-refractivity contribution >= 4 is 16.2 Å². The summed E-state index contributed by atoms with van der Waals surface area (Å²) in [6.45, 7) is 4.62. The number of amides is 2. The number of rotatable bonds is 3. The fraction of sp³-hybridized carbons (Fsp3) is 0.917. The van der Waals surface area contributed by atoms with Gasteiger partial charge < -0.3 is 0 Å². The van der Waals surface area contributed by atoms with E-state index in [1.807, 2.05) is 0 Å². The van der Waals surface area contributed by atoms with Crippen molar-refractivity contribution in [3.05, 3.63) is 0 Å². The average Bonchev–Trinajstić information content (AvgIpc) is 2.39. The molecule has 0 aromatic heterocycles. The molecule has 2 aliphatic rings. The van der Waals surface area contributed by atoms with Crippen LogP contribution < -0.4 is 10.1 Å². The predicted octanol–water partition coefficient (Wildman–Crippen LogP) is 0.663. The third-order valence-corrected chi connectivity index (χ3v) is 5.41. The topological polar surface area (TPSA) is 81.8 Å². The summed E-state index contributed by atoms with van der Waals surface area (Å²) in [4.78, 5) is 11.8. The van der Waals surface area contributed by atoms with Gasteiger partial charge in [-0.2, -0.15) is 12.7 Å². The third-order valence-electron chi connectivity index (χ3n) is 3.92. The molecule has 8 heteroatoms. The number of piperidine rings is 2. The molecule has 0 spiro atoms. The zero-order chi connectivity index (χ0) is 14.6. The van der Waals surface area contributed by atoms with Gasteiger partial charge in [-0.25, -0.2) is 14.5 Å². The van der Waals surface area contributed by atoms with Crippen molar-refractivity contribution in [1.29, 1.82) is 0 Å². The van der Waals surface area contributed by atoms with Gasteiger partial charge in [0.2, 0.25) is 0 Å². The Morgan fingerprint density at radius 3 is 2.25 bits per heavy atom. The Labute approximate surface area is 120 Å². The van der Waals surface area contributed by atoms with Crippen molar-refractivity contribution in [2.24, 2.45) is 5.92 Å². The second-order valence-electron chi connectivity index (χ2n) is 5.68. The van der Waals surface area contributed by atoms with Gasteiger partial charge in [0.25, 0.3) is 0 Å². The van der Waals surface area contributed by atoms with E-state index >= 15 is 0 Å². The molecule has 2 aliphatic heterocycles. The van der Waals surface area contributed by atoms with E-state index in [-0.39, 0.29) is 0 Å². The first-order valence-electron chi connectivity index (χ1n) is 7.31. The van der Waals surface area contributed by atoms with Crippen LogP contribution in [0, 0.1) is 5.92 Å². The molecule has 2 amide bonds. The summed E-state index contributed by atoms with van der Waals surface area (Å²) in [6.07, 6.45) is 4.89. The summed E-state index contributed by atoms with van der Waals surface area (Å²) in [5.41, 5.74) is 2.60. The molecule has 7 nitrogen and oxygen atoms in total. The van der Waals surface area contributed by atoms with Crippen molar-refractivity contribution in [2.75, 3.05) is 26.2 Å². The maximum atomic E-state index is 12.1. The number of urea groups is 1. The minimum absolute atomic E-state index is 0.480. The molecule has 2 saturated heterocycles. The quantitative estimate of drug-likeness (QED) is 0.802. The van der Waals surface area contributed by atoms with E-state index in [4.69, 9.17) is 0 Å². The molecule has 0 bridgehead atoms. The van der Waals surface area contributed by atoms with Crippen LogP contribution in [0.1, 0.15) is 39.0 Å². The van der Waals surface area contributed by atoms with E-state index in [2.05, 4.69) is 17.1 Å². The molecule has 0 aromatic carbocycles. The first kappa shape index (κ1) is 15.5. The van der Waals surface area contributed by atoms with Crippen LogP contribution in [0.15, 0.2) is 0 Å². The van der Waals surface area contributed by atoms with Gasteiger partial charge in [-0.3, -0.25) is 5.43 Å². The summed E-state index contributed by atoms with van der Waals surface area (Å²) in [5.74, 6) is 0.545. The summed E-state index contributed by atoms with van der Waals surface area (Å²) < 4.78 is 27.6. The molecule has 2 N–H and O–H groups in total. The van der Waals surface area contributed by atoms with Crippen LogP contribution in [0.25, 0.3) is 0 Å². The van der Waals surface area contributed by atoms with Gasteiger partial charge in [0, 0.05) is 26.2 Å². The minimum atomic E-state index is -3.71. The van der Waals surface area contributed by atoms with Crippen molar-refractivity contribution in [3.8, 4) is 0 Å². The molecule has 20 heavy (non-hydrogen) atoms. The molecular weight excluding hydrogens is 280 g/mol. The van der Waals surface area contributed by atoms with Gasteiger partial charge in [-0.1, -0.05) is 13.3 Å². The van der Waals surface area contributed by atoms with Gasteiger partial charge >= 0.3 is 16.2 Å². The molecule has 0 aliphatic carbocycles. The summed E-state index contributed by atoms with van der Waals surface area (Å²) in [7, 11) is -3.71. The zero-order valence-electron chi connectivity index (χ0n) is 12.0. The number of carbonyl (C=O) groups is 1. The Balaban J connectivity index is 1.82. The first-order chi connectivity index (χ1) is 9.47. The van der Waals surface area contributed by atoms with E-state index in [0.29, 0.717) is 19.0 Å². The molecule has 2 fully saturated rings. The molecule has 0 unspecified atom stereocenters. The number of nitrogens with zero attached hydrogens (tertiary/aromatic N) is 2. The first-order valence-corrected chi connectivity index (χ1v) is 8.75. The van der Waals surface area contributed by atoms with Crippen molar-refractivity contribution in [3.63, 3.8) is 0 Å². The highest BCUT2D eigenvalue weighted by molar-refractivity contribution is 7.87. The Bertz CT molecular complexity index is 426. The monoisotopic (exact) mass is 304 g/mol. The molecular formula is C12H24N4O3S. The van der Waals surface area contributed by atoms with Gasteiger partial charge in [0.15, 0.2) is 0 Å². The van der Waals surface area contributed by atoms with Crippen molar-refractivity contribution in [2.45, 2.75) is 39.0 Å². The van der Waals surface area contributed by atoms with Crippen LogP contribution in [-0.2, 0) is 10.2 Å². The largest absolute Gasteiger partial charge is 0.343 e. The molecule has 2 heterocycles. The maximum Gasteiger partial charge on any atom is 0.343 e. The standard InChI is InChI=1S/C12H24N4O3S/c1-11-5-9-16(10-6-11)20(18,19)14-12(17)13-15-7-3-2-4-8-15/h11H,2-10H2,1H3,(H2,13,14,17). The molecule has 0 radical (unpaired) electrons. The summed E-state index contributed by atoms with van der Waals surface area (Å²) in [6, 6.07) is -0.662. The third kappa shape index (κ3) is 4.32. The van der Waals surface area contributed by atoms with Gasteiger partial charge in [-0.15, -0.1) is 0 Å². The second-order valence-corrected chi connectivity index (χ2v) is 7.35. The second kappa shape index (κ2) is 6.73. The van der Waals surface area contributed by atoms with E-state index in [1.165, 1.54) is 4.31 Å². The lowest BCUT2D eigenvalue weighted by atomic mass is 10.0. The highest BCUT2D eigenvalue weighted by atomic mass is 32.2. The van der Waals surface area contributed by atoms with E-state index < -0.39 is 16.2 Å². The molecule has 116 valence electrons. The number of hydrogen-bond acceptors (Lipinski definition) is 4. The van der Waals surface area contributed by atoms with Gasteiger partial charge in [-0.05, 0) is 31.6 Å². The summed E-state index contributed by atoms with van der Waals surface area (Å²) in [5, 5.41) is 1.77. The number of hydrazine groups is 1. The lowest BCUT2D eigenvalue weighted by molar-refractivity contribution is 0.157. The van der Waals surface area contributed by atoms with Crippen LogP contribution in [0.4, 0.5) is 4.79 Å². The Hall–Kier alpha value is -0.860. The molecule has 0 atom stereocenters. The molecule has 0 saturated carbocycles. The Morgan fingerprint density at radius 2 is 1.65 bits per heavy atom. The van der Waals surface area contributed by atoms with Gasteiger partial charge in [0.1, 0.15) is 0 Å². The van der Waals surface area contributed by atoms with Crippen molar-refractivity contribution < 1.29 is 13.2 Å². The van der Waals surface area contributed by atoms with Crippen molar-refractivity contribution in [1.82, 2.24) is 19.5 Å². The molecule has 2 rings (SSSR count). The predicted molar refractivity (Wildman–Crippen MR) is 76.0 cm³/mol. The average molecular weight is 304 g/mol. The fourth-order valence-electron chi connectivity index (χ4n) is 2.58. The van der Waals surface area contributed by atoms with Crippen LogP contribution in [0.5, 0.6) is 0 Å². The lowest BCUT2D eigenvalue weighted by Crippen LogP contribution is -2.54. The zero-order valence-corrected chi connectivity index (χ0v) is 12.8. The SMILES string of the molecule is CC1CCN(S(=O)(=O)NC(=O)NN2CCCCC2)CC1. The lowest BCUT2D eigenvalue weighted by Gasteiger charge is -2.30. The number of nitrogens with one attached hydrogen (secondary N) is 2. The van der Waals surface area contributed by atoms with Gasteiger partial charge in [0.05, 0.1) is 0 Å². The van der Waals surface area contributed by atoms with Crippen LogP contribution in [0.3, 0.4) is 0 Å². The number of hydrogen-bond donors (Lipinski definition) is 2. The number of carbonyl (C=O) groups excluding carboxylic acids is 1. The highest BCUT2D eigenvalue weighted by Gasteiger charge is 2.28. The highest BCUT2D eigenvalue weighted by Crippen LogP contribution is 2.17. The minimum Gasteiger partial charge on any atom is -0.270 e. The Morgan fingerprint density at radius 1 is 1.05 bits per heavy atom. The fourth-order valence-corrected chi connectivity index (χ4v) is 3.68. The van der Waals surface area contributed by atoms with Crippen LogP contribution in [-0.4, -0.2) is 49.9 Å². The van der Waals surface area contributed by atoms with Crippen LogP contribution >= 0.6 is 0 Å². The maximum absolute atomic E-state index is 12.1. The molecule has 0 aromatic rings. The smallest absolute Gasteiger partial charge is 0.270 e. The Kier molecular flexibility index (Phi) is 5.22. The van der Waals surface area contributed by atoms with Crippen LogP contribution in [0.2, 0.25) is 0 Å². The van der Waals surface area contributed by atoms with E-state index in [0.717, 1.165) is 45.2 Å². The van der Waals surface area contributed by atoms with E-state index in [9.17, 15) is 13.2 Å².